The first-order valence-electron chi connectivity index (χ1n) is 6.97. The predicted molar refractivity (Wildman–Crippen MR) is 81.9 cm³/mol. The molecule has 0 bridgehead atoms. The zero-order valence-electron chi connectivity index (χ0n) is 12.4. The average Bonchev–Trinajstić information content (AvgIpc) is 2.52. The first-order chi connectivity index (χ1) is 11.0. The van der Waals surface area contributed by atoms with Crippen molar-refractivity contribution in [1.82, 2.24) is 0 Å². The second kappa shape index (κ2) is 9.94. The van der Waals surface area contributed by atoms with Gasteiger partial charge in [0.1, 0.15) is 6.61 Å². The lowest BCUT2D eigenvalue weighted by Gasteiger charge is -2.09. The van der Waals surface area contributed by atoms with Gasteiger partial charge in [-0.3, -0.25) is 9.59 Å². The van der Waals surface area contributed by atoms with Crippen LogP contribution in [0.15, 0.2) is 24.8 Å². The van der Waals surface area contributed by atoms with Gasteiger partial charge in [-0.05, 0) is 18.6 Å². The fraction of sp³-hybridized carbons (Fsp3) is 0.375. The number of carbonyl (C=O) groups excluding carboxylic acids is 2. The molecule has 0 spiro atoms. The van der Waals surface area contributed by atoms with Crippen molar-refractivity contribution < 1.29 is 27.8 Å². The Balaban J connectivity index is 2.67. The fourth-order valence-corrected chi connectivity index (χ4v) is 1.78. The minimum Gasteiger partial charge on any atom is -0.488 e. The van der Waals surface area contributed by atoms with E-state index in [9.17, 15) is 18.4 Å². The molecule has 0 N–H and O–H groups in total. The van der Waals surface area contributed by atoms with Gasteiger partial charge < -0.3 is 9.47 Å². The maximum Gasteiger partial charge on any atom is 0.306 e. The van der Waals surface area contributed by atoms with E-state index in [1.807, 2.05) is 0 Å². The zero-order valence-corrected chi connectivity index (χ0v) is 13.2. The molecule has 0 unspecified atom stereocenters. The molecule has 1 aromatic carbocycles. The minimum atomic E-state index is -0.975. The van der Waals surface area contributed by atoms with Crippen molar-refractivity contribution in [2.45, 2.75) is 19.3 Å². The second-order valence-electron chi connectivity index (χ2n) is 4.55. The standard InChI is InChI=1S/C16H17ClF2O4/c1-2-7-22-15(21)5-4-14(20)11-9-12(18)16(13(19)10-11)23-8-3-6-17/h2,9-10H,1,3-8H2. The van der Waals surface area contributed by atoms with Gasteiger partial charge in [-0.25, -0.2) is 8.78 Å². The summed E-state index contributed by atoms with van der Waals surface area (Å²) in [5.41, 5.74) is -0.166. The van der Waals surface area contributed by atoms with Crippen LogP contribution in [-0.2, 0) is 9.53 Å². The Morgan fingerprint density at radius 1 is 1.22 bits per heavy atom. The maximum atomic E-state index is 13.8. The lowest BCUT2D eigenvalue weighted by molar-refractivity contribution is -0.142. The average molecular weight is 347 g/mol. The summed E-state index contributed by atoms with van der Waals surface area (Å²) < 4.78 is 37.3. The van der Waals surface area contributed by atoms with Gasteiger partial charge in [0, 0.05) is 17.9 Å². The van der Waals surface area contributed by atoms with E-state index in [1.54, 1.807) is 0 Å². The number of hydrogen-bond donors (Lipinski definition) is 0. The summed E-state index contributed by atoms with van der Waals surface area (Å²) in [6.07, 6.45) is 1.45. The van der Waals surface area contributed by atoms with Gasteiger partial charge in [0.25, 0.3) is 0 Å². The molecule has 0 aliphatic heterocycles. The van der Waals surface area contributed by atoms with Crippen LogP contribution in [0.4, 0.5) is 8.78 Å². The number of Topliss-reactive ketones (excluding diaryl/α,β-unsaturated/α-hetero) is 1. The third-order valence-electron chi connectivity index (χ3n) is 2.76. The lowest BCUT2D eigenvalue weighted by atomic mass is 10.1. The van der Waals surface area contributed by atoms with Crippen LogP contribution in [0, 0.1) is 11.6 Å². The molecule has 0 radical (unpaired) electrons. The Morgan fingerprint density at radius 2 is 1.87 bits per heavy atom. The zero-order chi connectivity index (χ0) is 17.2. The van der Waals surface area contributed by atoms with E-state index in [1.165, 1.54) is 6.08 Å². The van der Waals surface area contributed by atoms with Crippen LogP contribution < -0.4 is 4.74 Å². The number of halogens is 3. The Kier molecular flexibility index (Phi) is 8.26. The molecule has 0 saturated heterocycles. The highest BCUT2D eigenvalue weighted by atomic mass is 35.5. The summed E-state index contributed by atoms with van der Waals surface area (Å²) >= 11 is 5.45. The molecule has 7 heteroatoms. The van der Waals surface area contributed by atoms with E-state index in [-0.39, 0.29) is 31.6 Å². The molecular formula is C16H17ClF2O4. The van der Waals surface area contributed by atoms with Gasteiger partial charge in [-0.2, -0.15) is 0 Å². The first kappa shape index (κ1) is 19.1. The van der Waals surface area contributed by atoms with Crippen molar-refractivity contribution in [3.05, 3.63) is 42.0 Å². The summed E-state index contributed by atoms with van der Waals surface area (Å²) in [5.74, 6) is -3.33. The normalized spacial score (nSPS) is 10.2. The third kappa shape index (κ3) is 6.36. The van der Waals surface area contributed by atoms with E-state index in [4.69, 9.17) is 21.1 Å². The van der Waals surface area contributed by atoms with Crippen LogP contribution in [0.2, 0.25) is 0 Å². The number of benzene rings is 1. The first-order valence-corrected chi connectivity index (χ1v) is 7.50. The van der Waals surface area contributed by atoms with Crippen LogP contribution in [0.5, 0.6) is 5.75 Å². The molecule has 0 fully saturated rings. The Labute approximate surface area is 138 Å². The number of carbonyl (C=O) groups is 2. The molecule has 1 rings (SSSR count). The number of ether oxygens (including phenoxy) is 2. The molecule has 0 amide bonds. The number of esters is 1. The van der Waals surface area contributed by atoms with Gasteiger partial charge in [0.15, 0.2) is 23.2 Å². The summed E-state index contributed by atoms with van der Waals surface area (Å²) in [4.78, 5) is 23.2. The number of hydrogen-bond acceptors (Lipinski definition) is 4. The molecule has 0 aromatic heterocycles. The van der Waals surface area contributed by atoms with Gasteiger partial charge in [0.05, 0.1) is 13.0 Å². The number of ketones is 1. The number of rotatable bonds is 10. The van der Waals surface area contributed by atoms with E-state index in [2.05, 4.69) is 6.58 Å². The minimum absolute atomic E-state index is 0.0462. The molecule has 0 saturated carbocycles. The smallest absolute Gasteiger partial charge is 0.306 e. The summed E-state index contributed by atoms with van der Waals surface area (Å²) in [6, 6.07) is 1.77. The van der Waals surface area contributed by atoms with E-state index in [0.717, 1.165) is 12.1 Å². The van der Waals surface area contributed by atoms with E-state index in [0.29, 0.717) is 12.3 Å². The van der Waals surface area contributed by atoms with Gasteiger partial charge in [0.2, 0.25) is 0 Å². The number of alkyl halides is 1. The Morgan fingerprint density at radius 3 is 2.43 bits per heavy atom. The van der Waals surface area contributed by atoms with Crippen LogP contribution in [0.25, 0.3) is 0 Å². The highest BCUT2D eigenvalue weighted by molar-refractivity contribution is 6.17. The lowest BCUT2D eigenvalue weighted by Crippen LogP contribution is -2.09. The molecule has 0 aliphatic rings. The summed E-state index contributed by atoms with van der Waals surface area (Å²) in [6.45, 7) is 3.50. The topological polar surface area (TPSA) is 52.6 Å². The maximum absolute atomic E-state index is 13.8. The van der Waals surface area contributed by atoms with Crippen molar-refractivity contribution in [1.29, 1.82) is 0 Å². The molecule has 4 nitrogen and oxygen atoms in total. The summed E-state index contributed by atoms with van der Waals surface area (Å²) in [7, 11) is 0. The Hall–Kier alpha value is -1.95. The molecule has 23 heavy (non-hydrogen) atoms. The fourth-order valence-electron chi connectivity index (χ4n) is 1.67. The van der Waals surface area contributed by atoms with Crippen molar-refractivity contribution in [3.63, 3.8) is 0 Å². The quantitative estimate of drug-likeness (QED) is 0.213. The predicted octanol–water partition coefficient (Wildman–Crippen LogP) is 3.66. The van der Waals surface area contributed by atoms with Crippen LogP contribution in [-0.4, -0.2) is 30.8 Å². The molecule has 0 aliphatic carbocycles. The summed E-state index contributed by atoms with van der Waals surface area (Å²) in [5, 5.41) is 0. The molecule has 0 heterocycles. The highest BCUT2D eigenvalue weighted by Gasteiger charge is 2.17. The van der Waals surface area contributed by atoms with Crippen molar-refractivity contribution in [2.24, 2.45) is 0 Å². The third-order valence-corrected chi connectivity index (χ3v) is 3.03. The van der Waals surface area contributed by atoms with Gasteiger partial charge in [-0.15, -0.1) is 11.6 Å². The molecule has 1 aromatic rings. The van der Waals surface area contributed by atoms with Crippen LogP contribution in [0.1, 0.15) is 29.6 Å². The van der Waals surface area contributed by atoms with Crippen LogP contribution >= 0.6 is 11.6 Å². The second-order valence-corrected chi connectivity index (χ2v) is 4.93. The monoisotopic (exact) mass is 346 g/mol. The SMILES string of the molecule is C=CCOC(=O)CCC(=O)c1cc(F)c(OCCCCl)c(F)c1. The largest absolute Gasteiger partial charge is 0.488 e. The molecule has 126 valence electrons. The van der Waals surface area contributed by atoms with E-state index < -0.39 is 29.1 Å². The van der Waals surface area contributed by atoms with Gasteiger partial charge in [-0.1, -0.05) is 12.7 Å². The Bertz CT molecular complexity index is 552. The van der Waals surface area contributed by atoms with Crippen molar-refractivity contribution >= 4 is 23.4 Å². The van der Waals surface area contributed by atoms with Crippen LogP contribution in [0.3, 0.4) is 0 Å². The molecule has 0 atom stereocenters. The van der Waals surface area contributed by atoms with Gasteiger partial charge >= 0.3 is 5.97 Å². The highest BCUT2D eigenvalue weighted by Crippen LogP contribution is 2.24. The van der Waals surface area contributed by atoms with E-state index >= 15 is 0 Å². The van der Waals surface area contributed by atoms with Crippen molar-refractivity contribution in [3.8, 4) is 5.75 Å². The molecular weight excluding hydrogens is 330 g/mol. The van der Waals surface area contributed by atoms with Crippen molar-refractivity contribution in [2.75, 3.05) is 19.1 Å².